The summed E-state index contributed by atoms with van der Waals surface area (Å²) in [7, 11) is 7.52. The molecular weight excluding hydrogens is 380 g/mol. The van der Waals surface area contributed by atoms with E-state index in [9.17, 15) is 4.79 Å². The van der Waals surface area contributed by atoms with Gasteiger partial charge in [-0.2, -0.15) is 0 Å². The number of carbonyl (C=O) groups is 1. The van der Waals surface area contributed by atoms with Crippen LogP contribution >= 0.6 is 0 Å². The SMILES string of the molecule is COc1ccc(C(=O)C(c2cc(OC)c3c(c2OC)OCO3)C(OC)OC)cc1. The lowest BCUT2D eigenvalue weighted by molar-refractivity contribution is -0.110. The van der Waals surface area contributed by atoms with Crippen LogP contribution in [-0.2, 0) is 9.47 Å². The van der Waals surface area contributed by atoms with Gasteiger partial charge in [0.25, 0.3) is 0 Å². The van der Waals surface area contributed by atoms with Crippen molar-refractivity contribution in [1.82, 2.24) is 0 Å². The summed E-state index contributed by atoms with van der Waals surface area (Å²) in [6.45, 7) is 0.0284. The summed E-state index contributed by atoms with van der Waals surface area (Å²) in [6.07, 6.45) is -0.872. The summed E-state index contributed by atoms with van der Waals surface area (Å²) in [5, 5.41) is 0. The standard InChI is InChI=1S/C21H24O8/c1-23-13-8-6-12(7-9-13)17(22)16(21(26-4)27-5)14-10-15(24-2)19-20(18(14)25-3)29-11-28-19/h6-10,16,21H,11H2,1-5H3. The Morgan fingerprint density at radius 2 is 1.55 bits per heavy atom. The molecule has 0 saturated heterocycles. The molecule has 0 aliphatic carbocycles. The molecule has 0 bridgehead atoms. The Balaban J connectivity index is 2.15. The van der Waals surface area contributed by atoms with Gasteiger partial charge < -0.3 is 33.2 Å². The average molecular weight is 404 g/mol. The van der Waals surface area contributed by atoms with E-state index < -0.39 is 12.2 Å². The van der Waals surface area contributed by atoms with Crippen molar-refractivity contribution in [3.8, 4) is 28.7 Å². The molecule has 3 rings (SSSR count). The summed E-state index contributed by atoms with van der Waals surface area (Å²) < 4.78 is 38.2. The maximum Gasteiger partial charge on any atom is 0.231 e. The minimum Gasteiger partial charge on any atom is -0.497 e. The summed E-state index contributed by atoms with van der Waals surface area (Å²) in [5.41, 5.74) is 0.969. The molecule has 2 aromatic carbocycles. The number of fused-ring (bicyclic) bond motifs is 1. The van der Waals surface area contributed by atoms with Crippen molar-refractivity contribution < 1.29 is 38.0 Å². The van der Waals surface area contributed by atoms with Gasteiger partial charge in [-0.1, -0.05) is 0 Å². The lowest BCUT2D eigenvalue weighted by Crippen LogP contribution is -2.30. The Labute approximate surface area is 169 Å². The van der Waals surface area contributed by atoms with E-state index >= 15 is 0 Å². The lowest BCUT2D eigenvalue weighted by atomic mass is 9.88. The molecule has 1 aliphatic heterocycles. The monoisotopic (exact) mass is 404 g/mol. The van der Waals surface area contributed by atoms with Crippen LogP contribution in [0.15, 0.2) is 30.3 Å². The smallest absolute Gasteiger partial charge is 0.231 e. The predicted molar refractivity (Wildman–Crippen MR) is 104 cm³/mol. The van der Waals surface area contributed by atoms with Crippen molar-refractivity contribution in [2.24, 2.45) is 0 Å². The molecule has 156 valence electrons. The van der Waals surface area contributed by atoms with E-state index in [-0.39, 0.29) is 12.6 Å². The average Bonchev–Trinajstić information content (AvgIpc) is 3.25. The summed E-state index contributed by atoms with van der Waals surface area (Å²) in [5.74, 6) is 1.17. The van der Waals surface area contributed by atoms with Gasteiger partial charge in [-0.15, -0.1) is 0 Å². The number of hydrogen-bond acceptors (Lipinski definition) is 8. The highest BCUT2D eigenvalue weighted by Crippen LogP contribution is 2.52. The van der Waals surface area contributed by atoms with Crippen molar-refractivity contribution in [3.05, 3.63) is 41.5 Å². The summed E-state index contributed by atoms with van der Waals surface area (Å²) in [4.78, 5) is 13.5. The molecule has 1 heterocycles. The van der Waals surface area contributed by atoms with Crippen LogP contribution < -0.4 is 23.7 Å². The molecule has 8 heteroatoms. The van der Waals surface area contributed by atoms with E-state index in [4.69, 9.17) is 33.2 Å². The maximum absolute atomic E-state index is 13.5. The third kappa shape index (κ3) is 3.81. The Morgan fingerprint density at radius 1 is 0.897 bits per heavy atom. The zero-order chi connectivity index (χ0) is 21.0. The number of ketones is 1. The lowest BCUT2D eigenvalue weighted by Gasteiger charge is -2.26. The van der Waals surface area contributed by atoms with E-state index in [0.717, 1.165) is 0 Å². The molecule has 0 aromatic heterocycles. The van der Waals surface area contributed by atoms with E-state index in [2.05, 4.69) is 0 Å². The Morgan fingerprint density at radius 3 is 2.10 bits per heavy atom. The molecule has 1 unspecified atom stereocenters. The molecule has 0 fully saturated rings. The highest BCUT2D eigenvalue weighted by atomic mass is 16.7. The first-order chi connectivity index (χ1) is 14.1. The van der Waals surface area contributed by atoms with Gasteiger partial charge in [0.1, 0.15) is 11.7 Å². The van der Waals surface area contributed by atoms with E-state index in [1.54, 1.807) is 37.4 Å². The number of rotatable bonds is 9. The van der Waals surface area contributed by atoms with Crippen LogP contribution in [0.4, 0.5) is 0 Å². The third-order valence-electron chi connectivity index (χ3n) is 4.74. The Kier molecular flexibility index (Phi) is 6.46. The van der Waals surface area contributed by atoms with Crippen LogP contribution in [0, 0.1) is 0 Å². The van der Waals surface area contributed by atoms with Crippen LogP contribution in [0.2, 0.25) is 0 Å². The van der Waals surface area contributed by atoms with Crippen LogP contribution in [0.3, 0.4) is 0 Å². The molecule has 1 atom stereocenters. The van der Waals surface area contributed by atoms with E-state index in [0.29, 0.717) is 39.9 Å². The first kappa shape index (κ1) is 20.8. The maximum atomic E-state index is 13.5. The largest absolute Gasteiger partial charge is 0.497 e. The molecule has 29 heavy (non-hydrogen) atoms. The number of carbonyl (C=O) groups excluding carboxylic acids is 1. The second-order valence-electron chi connectivity index (χ2n) is 6.18. The van der Waals surface area contributed by atoms with Crippen molar-refractivity contribution >= 4 is 5.78 Å². The van der Waals surface area contributed by atoms with Crippen molar-refractivity contribution in [3.63, 3.8) is 0 Å². The van der Waals surface area contributed by atoms with Gasteiger partial charge in [0.2, 0.25) is 18.3 Å². The highest BCUT2D eigenvalue weighted by molar-refractivity contribution is 6.02. The Hall–Kier alpha value is -2.97. The second kappa shape index (κ2) is 9.02. The molecular formula is C21H24O8. The molecule has 0 saturated carbocycles. The second-order valence-corrected chi connectivity index (χ2v) is 6.18. The third-order valence-corrected chi connectivity index (χ3v) is 4.74. The van der Waals surface area contributed by atoms with E-state index in [1.807, 2.05) is 0 Å². The van der Waals surface area contributed by atoms with Crippen LogP contribution in [-0.4, -0.2) is 54.4 Å². The van der Waals surface area contributed by atoms with Gasteiger partial charge in [-0.3, -0.25) is 4.79 Å². The topological polar surface area (TPSA) is 81.7 Å². The number of benzene rings is 2. The summed E-state index contributed by atoms with van der Waals surface area (Å²) >= 11 is 0. The zero-order valence-corrected chi connectivity index (χ0v) is 17.0. The number of methoxy groups -OCH3 is 5. The van der Waals surface area contributed by atoms with Gasteiger partial charge >= 0.3 is 0 Å². The van der Waals surface area contributed by atoms with Gasteiger partial charge in [0.15, 0.2) is 23.6 Å². The van der Waals surface area contributed by atoms with Crippen molar-refractivity contribution in [2.75, 3.05) is 42.3 Å². The van der Waals surface area contributed by atoms with Crippen LogP contribution in [0.1, 0.15) is 21.8 Å². The predicted octanol–water partition coefficient (Wildman–Crippen LogP) is 3.03. The van der Waals surface area contributed by atoms with Gasteiger partial charge in [0.05, 0.1) is 21.3 Å². The molecule has 0 radical (unpaired) electrons. The fourth-order valence-corrected chi connectivity index (χ4v) is 3.34. The molecule has 0 N–H and O–H groups in total. The number of ether oxygens (including phenoxy) is 7. The summed E-state index contributed by atoms with van der Waals surface area (Å²) in [6, 6.07) is 8.50. The molecule has 8 nitrogen and oxygen atoms in total. The highest BCUT2D eigenvalue weighted by Gasteiger charge is 2.38. The first-order valence-electron chi connectivity index (χ1n) is 8.87. The van der Waals surface area contributed by atoms with Crippen molar-refractivity contribution in [1.29, 1.82) is 0 Å². The zero-order valence-electron chi connectivity index (χ0n) is 17.0. The quantitative estimate of drug-likeness (QED) is 0.466. The van der Waals surface area contributed by atoms with Gasteiger partial charge in [0, 0.05) is 25.3 Å². The molecule has 2 aromatic rings. The molecule has 1 aliphatic rings. The van der Waals surface area contributed by atoms with Crippen molar-refractivity contribution in [2.45, 2.75) is 12.2 Å². The normalized spacial score (nSPS) is 13.3. The van der Waals surface area contributed by atoms with Crippen LogP contribution in [0.5, 0.6) is 28.7 Å². The Bertz CT molecular complexity index is 858. The van der Waals surface area contributed by atoms with Crippen LogP contribution in [0.25, 0.3) is 0 Å². The fraction of sp³-hybridized carbons (Fsp3) is 0.381. The first-order valence-corrected chi connectivity index (χ1v) is 8.87. The fourth-order valence-electron chi connectivity index (χ4n) is 3.34. The van der Waals surface area contributed by atoms with Gasteiger partial charge in [-0.25, -0.2) is 0 Å². The van der Waals surface area contributed by atoms with E-state index in [1.165, 1.54) is 28.4 Å². The van der Waals surface area contributed by atoms with Gasteiger partial charge in [-0.05, 0) is 30.3 Å². The number of hydrogen-bond donors (Lipinski definition) is 0. The minimum atomic E-state index is -0.872. The number of Topliss-reactive ketones (excluding diaryl/α,β-unsaturated/α-hetero) is 1. The minimum absolute atomic E-state index is 0.0284. The molecule has 0 amide bonds. The molecule has 0 spiro atoms.